The van der Waals surface area contributed by atoms with Gasteiger partial charge in [-0.2, -0.15) is 0 Å². The zero-order valence-corrected chi connectivity index (χ0v) is 15.0. The number of carbonyl (C=O) groups excluding carboxylic acids is 1. The minimum absolute atomic E-state index is 0. The largest absolute Gasteiger partial charge is 0.380 e. The van der Waals surface area contributed by atoms with E-state index in [-0.39, 0.29) is 42.1 Å². The van der Waals surface area contributed by atoms with Gasteiger partial charge in [0.15, 0.2) is 0 Å². The highest BCUT2D eigenvalue weighted by Gasteiger charge is 2.34. The van der Waals surface area contributed by atoms with Crippen molar-refractivity contribution < 1.29 is 13.9 Å². The van der Waals surface area contributed by atoms with E-state index in [4.69, 9.17) is 10.5 Å². The number of carbonyl (C=O) groups is 1. The lowest BCUT2D eigenvalue weighted by Crippen LogP contribution is -2.43. The van der Waals surface area contributed by atoms with Crippen molar-refractivity contribution in [2.24, 2.45) is 5.73 Å². The number of benzene rings is 1. The van der Waals surface area contributed by atoms with Gasteiger partial charge < -0.3 is 15.8 Å². The van der Waals surface area contributed by atoms with Gasteiger partial charge in [0, 0.05) is 25.6 Å². The van der Waals surface area contributed by atoms with Crippen molar-refractivity contribution in [1.29, 1.82) is 0 Å². The Kier molecular flexibility index (Phi) is 8.67. The minimum atomic E-state index is -0.247. The van der Waals surface area contributed by atoms with Crippen molar-refractivity contribution in [1.82, 2.24) is 5.32 Å². The Labute approximate surface area is 149 Å². The molecule has 1 fully saturated rings. The predicted molar refractivity (Wildman–Crippen MR) is 95.9 cm³/mol. The molecule has 2 rings (SSSR count). The summed E-state index contributed by atoms with van der Waals surface area (Å²) in [6.45, 7) is 0.908. The smallest absolute Gasteiger partial charge is 0.222 e. The van der Waals surface area contributed by atoms with Crippen LogP contribution in [-0.4, -0.2) is 32.2 Å². The standard InChI is InChI=1S/C18H27FN2O2.ClH/c1-23-16(12-20)11-17(22)21-13-18(9-3-2-4-10-18)14-5-7-15(19)8-6-14;/h5-8,16H,2-4,9-13,20H2,1H3,(H,21,22);1H. The molecule has 1 aliphatic carbocycles. The lowest BCUT2D eigenvalue weighted by atomic mass is 9.69. The number of rotatable bonds is 7. The first-order valence-corrected chi connectivity index (χ1v) is 8.35. The molecule has 24 heavy (non-hydrogen) atoms. The molecule has 1 amide bonds. The first-order valence-electron chi connectivity index (χ1n) is 8.35. The maximum atomic E-state index is 13.2. The van der Waals surface area contributed by atoms with Gasteiger partial charge in [-0.05, 0) is 30.5 Å². The van der Waals surface area contributed by atoms with Crippen molar-refractivity contribution in [2.45, 2.75) is 50.0 Å². The topological polar surface area (TPSA) is 64.3 Å². The number of hydrogen-bond acceptors (Lipinski definition) is 3. The molecule has 1 atom stereocenters. The van der Waals surface area contributed by atoms with Gasteiger partial charge in [0.2, 0.25) is 5.91 Å². The van der Waals surface area contributed by atoms with Crippen LogP contribution in [0.2, 0.25) is 0 Å². The van der Waals surface area contributed by atoms with Crippen LogP contribution in [0.25, 0.3) is 0 Å². The van der Waals surface area contributed by atoms with Crippen LogP contribution in [-0.2, 0) is 14.9 Å². The molecule has 0 spiro atoms. The Hall–Kier alpha value is -1.17. The van der Waals surface area contributed by atoms with E-state index in [9.17, 15) is 9.18 Å². The fraction of sp³-hybridized carbons (Fsp3) is 0.611. The first kappa shape index (κ1) is 20.9. The van der Waals surface area contributed by atoms with Gasteiger partial charge in [-0.25, -0.2) is 4.39 Å². The van der Waals surface area contributed by atoms with Crippen LogP contribution in [0.3, 0.4) is 0 Å². The molecule has 0 aromatic heterocycles. The van der Waals surface area contributed by atoms with Crippen molar-refractivity contribution in [3.63, 3.8) is 0 Å². The minimum Gasteiger partial charge on any atom is -0.380 e. The van der Waals surface area contributed by atoms with E-state index in [0.29, 0.717) is 13.1 Å². The molecule has 1 aromatic rings. The number of nitrogens with two attached hydrogens (primary N) is 1. The first-order chi connectivity index (χ1) is 11.1. The summed E-state index contributed by atoms with van der Waals surface area (Å²) in [5, 5.41) is 3.04. The molecular formula is C18H28ClFN2O2. The van der Waals surface area contributed by atoms with Crippen LogP contribution >= 0.6 is 12.4 Å². The number of hydrogen-bond donors (Lipinski definition) is 2. The zero-order valence-electron chi connectivity index (χ0n) is 14.2. The third kappa shape index (κ3) is 5.43. The second-order valence-corrected chi connectivity index (χ2v) is 6.42. The monoisotopic (exact) mass is 358 g/mol. The molecule has 3 N–H and O–H groups in total. The van der Waals surface area contributed by atoms with Crippen LogP contribution in [0, 0.1) is 5.82 Å². The number of ether oxygens (including phenoxy) is 1. The van der Waals surface area contributed by atoms with Gasteiger partial charge >= 0.3 is 0 Å². The number of amides is 1. The van der Waals surface area contributed by atoms with Crippen LogP contribution < -0.4 is 11.1 Å². The van der Waals surface area contributed by atoms with Gasteiger partial charge in [-0.1, -0.05) is 31.4 Å². The van der Waals surface area contributed by atoms with E-state index in [1.807, 2.05) is 12.1 Å². The molecular weight excluding hydrogens is 331 g/mol. The average molecular weight is 359 g/mol. The Bertz CT molecular complexity index is 500. The fourth-order valence-electron chi connectivity index (χ4n) is 3.41. The number of methoxy groups -OCH3 is 1. The predicted octanol–water partition coefficient (Wildman–Crippen LogP) is 2.93. The lowest BCUT2D eigenvalue weighted by Gasteiger charge is -2.38. The molecule has 136 valence electrons. The highest BCUT2D eigenvalue weighted by Crippen LogP contribution is 2.39. The summed E-state index contributed by atoms with van der Waals surface area (Å²) in [4.78, 5) is 12.1. The molecule has 0 saturated heterocycles. The van der Waals surface area contributed by atoms with E-state index in [0.717, 1.165) is 31.2 Å². The van der Waals surface area contributed by atoms with Crippen LogP contribution in [0.4, 0.5) is 4.39 Å². The fourth-order valence-corrected chi connectivity index (χ4v) is 3.41. The quantitative estimate of drug-likeness (QED) is 0.787. The van der Waals surface area contributed by atoms with Crippen LogP contribution in [0.15, 0.2) is 24.3 Å². The van der Waals surface area contributed by atoms with Gasteiger partial charge in [-0.3, -0.25) is 4.79 Å². The summed E-state index contributed by atoms with van der Waals surface area (Å²) in [5.41, 5.74) is 6.58. The van der Waals surface area contributed by atoms with Crippen molar-refractivity contribution in [2.75, 3.05) is 20.2 Å². The third-order valence-electron chi connectivity index (χ3n) is 4.90. The lowest BCUT2D eigenvalue weighted by molar-refractivity contribution is -0.123. The molecule has 4 nitrogen and oxygen atoms in total. The Morgan fingerprint density at radius 3 is 2.46 bits per heavy atom. The normalized spacial score (nSPS) is 17.6. The SMILES string of the molecule is COC(CN)CC(=O)NCC1(c2ccc(F)cc2)CCCCC1.Cl. The highest BCUT2D eigenvalue weighted by molar-refractivity contribution is 5.85. The Balaban J connectivity index is 0.00000288. The summed E-state index contributed by atoms with van der Waals surface area (Å²) in [6.07, 6.45) is 5.55. The van der Waals surface area contributed by atoms with Gasteiger partial charge in [-0.15, -0.1) is 12.4 Å². The molecule has 0 aliphatic heterocycles. The van der Waals surface area contributed by atoms with Crippen molar-refractivity contribution in [3.05, 3.63) is 35.6 Å². The summed E-state index contributed by atoms with van der Waals surface area (Å²) in [7, 11) is 1.56. The summed E-state index contributed by atoms with van der Waals surface area (Å²) < 4.78 is 18.4. The van der Waals surface area contributed by atoms with E-state index >= 15 is 0 Å². The van der Waals surface area contributed by atoms with Gasteiger partial charge in [0.1, 0.15) is 5.82 Å². The van der Waals surface area contributed by atoms with Crippen molar-refractivity contribution >= 4 is 18.3 Å². The van der Waals surface area contributed by atoms with E-state index in [2.05, 4.69) is 5.32 Å². The maximum Gasteiger partial charge on any atom is 0.222 e. The Morgan fingerprint density at radius 2 is 1.92 bits per heavy atom. The molecule has 1 unspecified atom stereocenters. The van der Waals surface area contributed by atoms with Crippen LogP contribution in [0.1, 0.15) is 44.1 Å². The van der Waals surface area contributed by atoms with E-state index in [1.165, 1.54) is 18.6 Å². The third-order valence-corrected chi connectivity index (χ3v) is 4.90. The zero-order chi connectivity index (χ0) is 16.7. The molecule has 0 heterocycles. The number of nitrogens with one attached hydrogen (secondary N) is 1. The summed E-state index contributed by atoms with van der Waals surface area (Å²) in [6, 6.07) is 6.71. The summed E-state index contributed by atoms with van der Waals surface area (Å²) in [5.74, 6) is -0.274. The van der Waals surface area contributed by atoms with Crippen molar-refractivity contribution in [3.8, 4) is 0 Å². The second kappa shape index (κ2) is 9.97. The second-order valence-electron chi connectivity index (χ2n) is 6.42. The van der Waals surface area contributed by atoms with Gasteiger partial charge in [0.05, 0.1) is 12.5 Å². The maximum absolute atomic E-state index is 13.2. The molecule has 0 bridgehead atoms. The molecule has 1 aromatic carbocycles. The highest BCUT2D eigenvalue weighted by atomic mass is 35.5. The van der Waals surface area contributed by atoms with Crippen LogP contribution in [0.5, 0.6) is 0 Å². The van der Waals surface area contributed by atoms with Gasteiger partial charge in [0.25, 0.3) is 0 Å². The molecule has 6 heteroatoms. The van der Waals surface area contributed by atoms with E-state index in [1.54, 1.807) is 7.11 Å². The molecule has 0 radical (unpaired) electrons. The average Bonchev–Trinajstić information content (AvgIpc) is 2.59. The molecule has 1 saturated carbocycles. The van der Waals surface area contributed by atoms with E-state index < -0.39 is 0 Å². The Morgan fingerprint density at radius 1 is 1.29 bits per heavy atom. The number of halogens is 2. The molecule has 1 aliphatic rings. The summed E-state index contributed by atoms with van der Waals surface area (Å²) >= 11 is 0.